The second-order valence-corrected chi connectivity index (χ2v) is 5.61. The molecule has 6 nitrogen and oxygen atoms in total. The van der Waals surface area contributed by atoms with E-state index in [-0.39, 0.29) is 12.0 Å². The summed E-state index contributed by atoms with van der Waals surface area (Å²) in [5.41, 5.74) is 2.52. The Morgan fingerprint density at radius 3 is 2.22 bits per heavy atom. The van der Waals surface area contributed by atoms with Gasteiger partial charge in [0, 0.05) is 31.7 Å². The molecule has 0 bridgehead atoms. The molecule has 1 aromatic carbocycles. The lowest BCUT2D eigenvalue weighted by Crippen LogP contribution is -2.50. The molecule has 0 aromatic heterocycles. The Morgan fingerprint density at radius 1 is 1.04 bits per heavy atom. The fourth-order valence-electron chi connectivity index (χ4n) is 2.72. The summed E-state index contributed by atoms with van der Waals surface area (Å²) in [5.74, 6) is 0.781. The maximum Gasteiger partial charge on any atom is 0.409 e. The summed E-state index contributed by atoms with van der Waals surface area (Å²) in [6, 6.07) is 3.76. The molecule has 1 fully saturated rings. The number of carbonyl (C=O) groups is 2. The number of nitrogens with zero attached hydrogens (tertiary/aromatic N) is 2. The first kappa shape index (κ1) is 17.1. The van der Waals surface area contributed by atoms with E-state index in [4.69, 9.17) is 9.47 Å². The lowest BCUT2D eigenvalue weighted by molar-refractivity contribution is 0.0570. The van der Waals surface area contributed by atoms with E-state index in [2.05, 4.69) is 0 Å². The normalized spacial score (nSPS) is 14.6. The number of amides is 2. The van der Waals surface area contributed by atoms with Crippen LogP contribution in [0.1, 0.15) is 28.4 Å². The molecule has 0 N–H and O–H groups in total. The van der Waals surface area contributed by atoms with Crippen molar-refractivity contribution >= 4 is 12.0 Å². The number of ether oxygens (including phenoxy) is 2. The highest BCUT2D eigenvalue weighted by Gasteiger charge is 2.26. The van der Waals surface area contributed by atoms with Crippen molar-refractivity contribution in [3.8, 4) is 5.75 Å². The van der Waals surface area contributed by atoms with Gasteiger partial charge in [-0.1, -0.05) is 0 Å². The summed E-state index contributed by atoms with van der Waals surface area (Å²) in [5, 5.41) is 0. The van der Waals surface area contributed by atoms with E-state index >= 15 is 0 Å². The van der Waals surface area contributed by atoms with Crippen molar-refractivity contribution in [1.82, 2.24) is 9.80 Å². The van der Waals surface area contributed by atoms with Crippen molar-refractivity contribution in [2.75, 3.05) is 39.9 Å². The Kier molecular flexibility index (Phi) is 5.47. The molecule has 0 atom stereocenters. The van der Waals surface area contributed by atoms with E-state index < -0.39 is 0 Å². The molecule has 0 spiro atoms. The average molecular weight is 320 g/mol. The van der Waals surface area contributed by atoms with Gasteiger partial charge in [-0.3, -0.25) is 4.79 Å². The fraction of sp³-hybridized carbons (Fsp3) is 0.529. The highest BCUT2D eigenvalue weighted by Crippen LogP contribution is 2.24. The number of benzene rings is 1. The Hall–Kier alpha value is -2.24. The zero-order valence-electron chi connectivity index (χ0n) is 14.2. The Labute approximate surface area is 137 Å². The van der Waals surface area contributed by atoms with Gasteiger partial charge in [-0.2, -0.15) is 0 Å². The van der Waals surface area contributed by atoms with Gasteiger partial charge in [0.25, 0.3) is 5.91 Å². The molecule has 1 heterocycles. The summed E-state index contributed by atoms with van der Waals surface area (Å²) in [6.07, 6.45) is -0.309. The van der Waals surface area contributed by atoms with Gasteiger partial charge in [-0.05, 0) is 44.0 Å². The first-order chi connectivity index (χ1) is 11.0. The van der Waals surface area contributed by atoms with Crippen LogP contribution in [0.3, 0.4) is 0 Å². The third kappa shape index (κ3) is 3.75. The van der Waals surface area contributed by atoms with Crippen LogP contribution in [-0.2, 0) is 4.74 Å². The molecule has 1 aliphatic heterocycles. The quantitative estimate of drug-likeness (QED) is 0.857. The summed E-state index contributed by atoms with van der Waals surface area (Å²) in [4.78, 5) is 27.8. The van der Waals surface area contributed by atoms with Crippen LogP contribution in [0.2, 0.25) is 0 Å². The monoisotopic (exact) mass is 320 g/mol. The maximum atomic E-state index is 12.7. The van der Waals surface area contributed by atoms with Gasteiger partial charge < -0.3 is 19.3 Å². The standard InChI is InChI=1S/C17H24N2O4/c1-5-23-17(21)19-8-6-18(7-9-19)16(20)14-10-13(3)15(22-4)11-12(14)2/h10-11H,5-9H2,1-4H3. The van der Waals surface area contributed by atoms with Gasteiger partial charge in [0.15, 0.2) is 0 Å². The summed E-state index contributed by atoms with van der Waals surface area (Å²) in [7, 11) is 1.62. The van der Waals surface area contributed by atoms with Gasteiger partial charge >= 0.3 is 6.09 Å². The number of hydrogen-bond donors (Lipinski definition) is 0. The Morgan fingerprint density at radius 2 is 1.65 bits per heavy atom. The molecule has 126 valence electrons. The molecule has 1 saturated heterocycles. The number of methoxy groups -OCH3 is 1. The molecule has 23 heavy (non-hydrogen) atoms. The third-order valence-electron chi connectivity index (χ3n) is 4.07. The van der Waals surface area contributed by atoms with Crippen LogP contribution in [0.25, 0.3) is 0 Å². The van der Waals surface area contributed by atoms with Crippen molar-refractivity contribution in [2.45, 2.75) is 20.8 Å². The molecular weight excluding hydrogens is 296 g/mol. The number of piperazine rings is 1. The van der Waals surface area contributed by atoms with Gasteiger partial charge in [-0.25, -0.2) is 4.79 Å². The first-order valence-corrected chi connectivity index (χ1v) is 7.84. The van der Waals surface area contributed by atoms with Gasteiger partial charge in [0.1, 0.15) is 5.75 Å². The molecule has 0 unspecified atom stereocenters. The van der Waals surface area contributed by atoms with Crippen molar-refractivity contribution in [3.63, 3.8) is 0 Å². The minimum Gasteiger partial charge on any atom is -0.496 e. The zero-order valence-corrected chi connectivity index (χ0v) is 14.2. The molecular formula is C17H24N2O4. The minimum atomic E-state index is -0.309. The highest BCUT2D eigenvalue weighted by atomic mass is 16.6. The fourth-order valence-corrected chi connectivity index (χ4v) is 2.72. The van der Waals surface area contributed by atoms with Crippen LogP contribution in [-0.4, -0.2) is 61.7 Å². The molecule has 0 radical (unpaired) electrons. The van der Waals surface area contributed by atoms with Gasteiger partial charge in [-0.15, -0.1) is 0 Å². The van der Waals surface area contributed by atoms with Gasteiger partial charge in [0.05, 0.1) is 13.7 Å². The summed E-state index contributed by atoms with van der Waals surface area (Å²) in [6.45, 7) is 8.01. The molecule has 0 aliphatic carbocycles. The van der Waals surface area contributed by atoms with E-state index in [0.29, 0.717) is 38.3 Å². The minimum absolute atomic E-state index is 0.00300. The van der Waals surface area contributed by atoms with E-state index in [0.717, 1.165) is 16.9 Å². The predicted molar refractivity (Wildman–Crippen MR) is 87.0 cm³/mol. The molecule has 6 heteroatoms. The maximum absolute atomic E-state index is 12.7. The average Bonchev–Trinajstić information content (AvgIpc) is 2.56. The highest BCUT2D eigenvalue weighted by molar-refractivity contribution is 5.96. The lowest BCUT2D eigenvalue weighted by Gasteiger charge is -2.34. The van der Waals surface area contributed by atoms with E-state index in [1.807, 2.05) is 26.0 Å². The lowest BCUT2D eigenvalue weighted by atomic mass is 10.0. The predicted octanol–water partition coefficient (Wildman–Crippen LogP) is 2.23. The van der Waals surface area contributed by atoms with Crippen LogP contribution >= 0.6 is 0 Å². The molecule has 2 amide bonds. The van der Waals surface area contributed by atoms with Crippen LogP contribution in [0.4, 0.5) is 4.79 Å². The first-order valence-electron chi connectivity index (χ1n) is 7.84. The van der Waals surface area contributed by atoms with Crippen LogP contribution in [0, 0.1) is 13.8 Å². The van der Waals surface area contributed by atoms with E-state index in [1.54, 1.807) is 23.8 Å². The number of carbonyl (C=O) groups excluding carboxylic acids is 2. The van der Waals surface area contributed by atoms with Gasteiger partial charge in [0.2, 0.25) is 0 Å². The number of aryl methyl sites for hydroxylation is 2. The SMILES string of the molecule is CCOC(=O)N1CCN(C(=O)c2cc(C)c(OC)cc2C)CC1. The Bertz CT molecular complexity index is 593. The van der Waals surface area contributed by atoms with Crippen molar-refractivity contribution in [3.05, 3.63) is 28.8 Å². The van der Waals surface area contributed by atoms with Crippen molar-refractivity contribution in [2.24, 2.45) is 0 Å². The van der Waals surface area contributed by atoms with Crippen molar-refractivity contribution < 1.29 is 19.1 Å². The summed E-state index contributed by atoms with van der Waals surface area (Å²) < 4.78 is 10.3. The molecule has 1 aromatic rings. The largest absolute Gasteiger partial charge is 0.496 e. The Balaban J connectivity index is 2.05. The second kappa shape index (κ2) is 7.35. The van der Waals surface area contributed by atoms with Crippen LogP contribution in [0.15, 0.2) is 12.1 Å². The smallest absolute Gasteiger partial charge is 0.409 e. The third-order valence-corrected chi connectivity index (χ3v) is 4.07. The molecule has 0 saturated carbocycles. The number of rotatable bonds is 3. The zero-order chi connectivity index (χ0) is 17.0. The van der Waals surface area contributed by atoms with E-state index in [9.17, 15) is 9.59 Å². The van der Waals surface area contributed by atoms with Crippen LogP contribution in [0.5, 0.6) is 5.75 Å². The molecule has 1 aliphatic rings. The molecule has 2 rings (SSSR count). The number of hydrogen-bond acceptors (Lipinski definition) is 4. The second-order valence-electron chi connectivity index (χ2n) is 5.61. The van der Waals surface area contributed by atoms with Crippen molar-refractivity contribution in [1.29, 1.82) is 0 Å². The summed E-state index contributed by atoms with van der Waals surface area (Å²) >= 11 is 0. The van der Waals surface area contributed by atoms with E-state index in [1.165, 1.54) is 0 Å². The topological polar surface area (TPSA) is 59.1 Å². The van der Waals surface area contributed by atoms with Crippen LogP contribution < -0.4 is 4.74 Å².